The van der Waals surface area contributed by atoms with Crippen LogP contribution in [0.4, 0.5) is 5.69 Å². The molecule has 0 aromatic heterocycles. The van der Waals surface area contributed by atoms with E-state index in [1.165, 1.54) is 6.07 Å². The minimum Gasteiger partial charge on any atom is -0.507 e. The number of nitrogens with one attached hydrogen (secondary N) is 1. The van der Waals surface area contributed by atoms with Crippen molar-refractivity contribution in [3.05, 3.63) is 59.2 Å². The Morgan fingerprint density at radius 2 is 1.85 bits per heavy atom. The maximum absolute atomic E-state index is 12.1. The standard InChI is InChI=1S/C15H14N2O2S/c1-9-2-7-13(18)12(8-9)15(19)17-11-5-3-10(4-6-11)14(16)20/h2-8,18H,1H3,(H2,16,20)(H,17,19). The van der Waals surface area contributed by atoms with E-state index in [2.05, 4.69) is 5.32 Å². The third kappa shape index (κ3) is 3.13. The summed E-state index contributed by atoms with van der Waals surface area (Å²) in [5.74, 6) is -0.415. The molecule has 4 nitrogen and oxygen atoms in total. The molecule has 0 atom stereocenters. The second-order valence-corrected chi connectivity index (χ2v) is 4.86. The van der Waals surface area contributed by atoms with Crippen LogP contribution in [0.15, 0.2) is 42.5 Å². The molecule has 0 spiro atoms. The van der Waals surface area contributed by atoms with E-state index in [0.717, 1.165) is 11.1 Å². The van der Waals surface area contributed by atoms with Crippen LogP contribution in [0.5, 0.6) is 5.75 Å². The number of phenolic OH excluding ortho intramolecular Hbond substituents is 1. The van der Waals surface area contributed by atoms with Crippen LogP contribution < -0.4 is 11.1 Å². The zero-order valence-corrected chi connectivity index (χ0v) is 11.7. The van der Waals surface area contributed by atoms with Crippen LogP contribution >= 0.6 is 12.2 Å². The lowest BCUT2D eigenvalue weighted by molar-refractivity contribution is 0.102. The number of hydrogen-bond acceptors (Lipinski definition) is 3. The molecule has 5 heteroatoms. The molecule has 0 unspecified atom stereocenters. The van der Waals surface area contributed by atoms with Crippen molar-refractivity contribution in [3.63, 3.8) is 0 Å². The van der Waals surface area contributed by atoms with Gasteiger partial charge in [-0.2, -0.15) is 0 Å². The number of amides is 1. The van der Waals surface area contributed by atoms with Gasteiger partial charge in [0.1, 0.15) is 10.7 Å². The topological polar surface area (TPSA) is 75.3 Å². The minimum absolute atomic E-state index is 0.0483. The van der Waals surface area contributed by atoms with Crippen molar-refractivity contribution in [2.45, 2.75) is 6.92 Å². The van der Waals surface area contributed by atoms with E-state index in [4.69, 9.17) is 18.0 Å². The maximum Gasteiger partial charge on any atom is 0.259 e. The molecule has 20 heavy (non-hydrogen) atoms. The molecule has 0 bridgehead atoms. The molecular weight excluding hydrogens is 272 g/mol. The van der Waals surface area contributed by atoms with Crippen LogP contribution in [0, 0.1) is 6.92 Å². The lowest BCUT2D eigenvalue weighted by atomic mass is 10.1. The molecule has 0 saturated heterocycles. The van der Waals surface area contributed by atoms with Gasteiger partial charge in [0.25, 0.3) is 5.91 Å². The van der Waals surface area contributed by atoms with Crippen molar-refractivity contribution in [2.24, 2.45) is 5.73 Å². The van der Waals surface area contributed by atoms with Gasteiger partial charge in [0.2, 0.25) is 0 Å². The van der Waals surface area contributed by atoms with Crippen LogP contribution in [-0.4, -0.2) is 16.0 Å². The molecule has 4 N–H and O–H groups in total. The highest BCUT2D eigenvalue weighted by atomic mass is 32.1. The first-order valence-electron chi connectivity index (χ1n) is 5.98. The molecule has 0 heterocycles. The van der Waals surface area contributed by atoms with Crippen molar-refractivity contribution in [3.8, 4) is 5.75 Å². The monoisotopic (exact) mass is 286 g/mol. The van der Waals surface area contributed by atoms with Gasteiger partial charge in [0.15, 0.2) is 0 Å². The number of carbonyl (C=O) groups excluding carboxylic acids is 1. The summed E-state index contributed by atoms with van der Waals surface area (Å²) in [5, 5.41) is 12.4. The summed E-state index contributed by atoms with van der Waals surface area (Å²) in [6.45, 7) is 1.85. The Bertz CT molecular complexity index is 666. The first kappa shape index (κ1) is 14.0. The average Bonchev–Trinajstić information content (AvgIpc) is 2.42. The molecule has 0 aliphatic rings. The largest absolute Gasteiger partial charge is 0.507 e. The van der Waals surface area contributed by atoms with Gasteiger partial charge < -0.3 is 16.2 Å². The number of nitrogens with two attached hydrogens (primary N) is 1. The third-order valence-electron chi connectivity index (χ3n) is 2.82. The predicted octanol–water partition coefficient (Wildman–Crippen LogP) is 2.59. The fraction of sp³-hybridized carbons (Fsp3) is 0.0667. The first-order valence-corrected chi connectivity index (χ1v) is 6.39. The molecule has 0 aliphatic heterocycles. The maximum atomic E-state index is 12.1. The Morgan fingerprint density at radius 3 is 2.45 bits per heavy atom. The van der Waals surface area contributed by atoms with E-state index in [1.54, 1.807) is 36.4 Å². The summed E-state index contributed by atoms with van der Waals surface area (Å²) >= 11 is 4.86. The van der Waals surface area contributed by atoms with Gasteiger partial charge >= 0.3 is 0 Å². The highest BCUT2D eigenvalue weighted by Gasteiger charge is 2.11. The molecule has 2 rings (SSSR count). The van der Waals surface area contributed by atoms with Crippen molar-refractivity contribution >= 4 is 28.8 Å². The van der Waals surface area contributed by atoms with E-state index in [9.17, 15) is 9.90 Å². The number of anilines is 1. The van der Waals surface area contributed by atoms with Crippen LogP contribution in [0.3, 0.4) is 0 Å². The zero-order chi connectivity index (χ0) is 14.7. The van der Waals surface area contributed by atoms with E-state index < -0.39 is 0 Å². The third-order valence-corrected chi connectivity index (χ3v) is 3.06. The highest BCUT2D eigenvalue weighted by molar-refractivity contribution is 7.80. The number of aryl methyl sites for hydroxylation is 1. The molecule has 102 valence electrons. The SMILES string of the molecule is Cc1ccc(O)c(C(=O)Nc2ccc(C(N)=S)cc2)c1. The number of aromatic hydroxyl groups is 1. The summed E-state index contributed by atoms with van der Waals surface area (Å²) in [5.41, 5.74) is 7.98. The summed E-state index contributed by atoms with van der Waals surface area (Å²) in [6.07, 6.45) is 0. The second kappa shape index (κ2) is 5.71. The minimum atomic E-state index is -0.366. The van der Waals surface area contributed by atoms with Gasteiger partial charge in [-0.25, -0.2) is 0 Å². The summed E-state index contributed by atoms with van der Waals surface area (Å²) in [7, 11) is 0. The Hall–Kier alpha value is -2.40. The molecule has 0 saturated carbocycles. The molecule has 0 radical (unpaired) electrons. The Balaban J connectivity index is 2.19. The first-order chi connectivity index (χ1) is 9.47. The highest BCUT2D eigenvalue weighted by Crippen LogP contribution is 2.20. The smallest absolute Gasteiger partial charge is 0.259 e. The van der Waals surface area contributed by atoms with Crippen molar-refractivity contribution in [1.82, 2.24) is 0 Å². The number of carbonyl (C=O) groups is 1. The molecular formula is C15H14N2O2S. The van der Waals surface area contributed by atoms with Crippen molar-refractivity contribution in [1.29, 1.82) is 0 Å². The summed E-state index contributed by atoms with van der Waals surface area (Å²) in [6, 6.07) is 11.7. The zero-order valence-electron chi connectivity index (χ0n) is 10.9. The van der Waals surface area contributed by atoms with Crippen molar-refractivity contribution < 1.29 is 9.90 Å². The van der Waals surface area contributed by atoms with E-state index in [-0.39, 0.29) is 17.2 Å². The van der Waals surface area contributed by atoms with Gasteiger partial charge in [0, 0.05) is 11.3 Å². The van der Waals surface area contributed by atoms with Gasteiger partial charge in [-0.3, -0.25) is 4.79 Å². The number of phenols is 1. The van der Waals surface area contributed by atoms with Crippen LogP contribution in [0.2, 0.25) is 0 Å². The molecule has 2 aromatic rings. The predicted molar refractivity (Wildman–Crippen MR) is 83.1 cm³/mol. The normalized spacial score (nSPS) is 10.1. The number of benzene rings is 2. The fourth-order valence-corrected chi connectivity index (χ4v) is 1.88. The number of hydrogen-bond donors (Lipinski definition) is 3. The molecule has 0 aliphatic carbocycles. The number of rotatable bonds is 3. The fourth-order valence-electron chi connectivity index (χ4n) is 1.75. The van der Waals surface area contributed by atoms with Crippen molar-refractivity contribution in [2.75, 3.05) is 5.32 Å². The van der Waals surface area contributed by atoms with Crippen LogP contribution in [-0.2, 0) is 0 Å². The van der Waals surface area contributed by atoms with Crippen LogP contribution in [0.25, 0.3) is 0 Å². The van der Waals surface area contributed by atoms with E-state index in [1.807, 2.05) is 6.92 Å². The summed E-state index contributed by atoms with van der Waals surface area (Å²) in [4.78, 5) is 12.4. The Labute approximate surface area is 122 Å². The Morgan fingerprint density at radius 1 is 1.20 bits per heavy atom. The van der Waals surface area contributed by atoms with Crippen LogP contribution in [0.1, 0.15) is 21.5 Å². The van der Waals surface area contributed by atoms with Gasteiger partial charge in [-0.05, 0) is 43.3 Å². The molecule has 1 amide bonds. The second-order valence-electron chi connectivity index (χ2n) is 4.42. The van der Waals surface area contributed by atoms with Gasteiger partial charge in [-0.15, -0.1) is 0 Å². The van der Waals surface area contributed by atoms with Gasteiger partial charge in [-0.1, -0.05) is 23.8 Å². The summed E-state index contributed by atoms with van der Waals surface area (Å²) < 4.78 is 0. The lowest BCUT2D eigenvalue weighted by Crippen LogP contribution is -2.13. The Kier molecular flexibility index (Phi) is 4.00. The quantitative estimate of drug-likeness (QED) is 0.758. The average molecular weight is 286 g/mol. The van der Waals surface area contributed by atoms with E-state index >= 15 is 0 Å². The number of thiocarbonyl (C=S) groups is 1. The van der Waals surface area contributed by atoms with E-state index in [0.29, 0.717) is 10.7 Å². The lowest BCUT2D eigenvalue weighted by Gasteiger charge is -2.08. The molecule has 0 fully saturated rings. The van der Waals surface area contributed by atoms with Gasteiger partial charge in [0.05, 0.1) is 5.56 Å². The molecule has 2 aromatic carbocycles.